The summed E-state index contributed by atoms with van der Waals surface area (Å²) in [5.74, 6) is -1.96. The standard InChI is InChI=1S/C11H11ClFNO4S/c12-8-4-3-7(13)6-10(8)19(17,18)14-5-1-2-9(14)11(15)16/h3-4,6,9H,1-2,5H2,(H,15,16)/t9-/m1/s1. The number of sulfonamides is 1. The zero-order valence-electron chi connectivity index (χ0n) is 9.71. The van der Waals surface area contributed by atoms with Gasteiger partial charge in [0.05, 0.1) is 5.02 Å². The molecule has 1 aromatic carbocycles. The van der Waals surface area contributed by atoms with E-state index in [0.29, 0.717) is 6.42 Å². The second kappa shape index (κ2) is 5.07. The highest BCUT2D eigenvalue weighted by Gasteiger charge is 2.40. The van der Waals surface area contributed by atoms with Gasteiger partial charge in [-0.1, -0.05) is 11.6 Å². The maximum atomic E-state index is 13.2. The van der Waals surface area contributed by atoms with Crippen LogP contribution in [0.25, 0.3) is 0 Å². The first-order valence-corrected chi connectivity index (χ1v) is 7.35. The lowest BCUT2D eigenvalue weighted by Crippen LogP contribution is -2.40. The molecule has 8 heteroatoms. The Bertz CT molecular complexity index is 619. The van der Waals surface area contributed by atoms with Gasteiger partial charge in [0.15, 0.2) is 0 Å². The third-order valence-electron chi connectivity index (χ3n) is 2.97. The summed E-state index contributed by atoms with van der Waals surface area (Å²) in [6.07, 6.45) is 0.685. The molecule has 0 bridgehead atoms. The van der Waals surface area contributed by atoms with E-state index in [4.69, 9.17) is 16.7 Å². The summed E-state index contributed by atoms with van der Waals surface area (Å²) in [6, 6.07) is 1.86. The molecular weight excluding hydrogens is 297 g/mol. The van der Waals surface area contributed by atoms with Crippen molar-refractivity contribution in [3.05, 3.63) is 29.0 Å². The van der Waals surface area contributed by atoms with E-state index in [2.05, 4.69) is 0 Å². The Morgan fingerprint density at radius 1 is 1.47 bits per heavy atom. The minimum Gasteiger partial charge on any atom is -0.480 e. The van der Waals surface area contributed by atoms with E-state index < -0.39 is 32.7 Å². The number of hydrogen-bond donors (Lipinski definition) is 1. The lowest BCUT2D eigenvalue weighted by atomic mass is 10.2. The van der Waals surface area contributed by atoms with Gasteiger partial charge in [0.1, 0.15) is 16.8 Å². The molecule has 1 aliphatic rings. The average molecular weight is 308 g/mol. The molecule has 0 amide bonds. The summed E-state index contributed by atoms with van der Waals surface area (Å²) >= 11 is 5.77. The van der Waals surface area contributed by atoms with Gasteiger partial charge in [-0.3, -0.25) is 4.79 Å². The normalized spacial score (nSPS) is 20.6. The van der Waals surface area contributed by atoms with Crippen molar-refractivity contribution < 1.29 is 22.7 Å². The third kappa shape index (κ3) is 2.58. The van der Waals surface area contributed by atoms with Gasteiger partial charge < -0.3 is 5.11 Å². The van der Waals surface area contributed by atoms with E-state index >= 15 is 0 Å². The predicted molar refractivity (Wildman–Crippen MR) is 66.0 cm³/mol. The third-order valence-corrected chi connectivity index (χ3v) is 5.36. The Labute approximate surface area is 114 Å². The lowest BCUT2D eigenvalue weighted by molar-refractivity contribution is -0.140. The number of rotatable bonds is 3. The van der Waals surface area contributed by atoms with E-state index in [1.165, 1.54) is 0 Å². The molecule has 0 saturated carbocycles. The monoisotopic (exact) mass is 307 g/mol. The summed E-state index contributed by atoms with van der Waals surface area (Å²) in [7, 11) is -4.11. The van der Waals surface area contributed by atoms with E-state index in [1.54, 1.807) is 0 Å². The van der Waals surface area contributed by atoms with Gasteiger partial charge in [-0.15, -0.1) is 0 Å². The molecule has 0 radical (unpaired) electrons. The number of halogens is 2. The molecule has 2 rings (SSSR count). The molecule has 1 saturated heterocycles. The molecule has 1 aliphatic heterocycles. The molecule has 19 heavy (non-hydrogen) atoms. The zero-order chi connectivity index (χ0) is 14.2. The van der Waals surface area contributed by atoms with Gasteiger partial charge >= 0.3 is 5.97 Å². The summed E-state index contributed by atoms with van der Waals surface area (Å²) in [4.78, 5) is 10.6. The van der Waals surface area contributed by atoms with Crippen molar-refractivity contribution in [1.29, 1.82) is 0 Å². The number of carbonyl (C=O) groups is 1. The zero-order valence-corrected chi connectivity index (χ0v) is 11.3. The minimum atomic E-state index is -4.11. The van der Waals surface area contributed by atoms with Crippen molar-refractivity contribution in [2.24, 2.45) is 0 Å². The second-order valence-corrected chi connectivity index (χ2v) is 6.45. The highest BCUT2D eigenvalue weighted by atomic mass is 35.5. The second-order valence-electron chi connectivity index (χ2n) is 4.19. The van der Waals surface area contributed by atoms with Gasteiger partial charge in [0.25, 0.3) is 0 Å². The van der Waals surface area contributed by atoms with Crippen LogP contribution in [-0.2, 0) is 14.8 Å². The number of hydrogen-bond acceptors (Lipinski definition) is 3. The topological polar surface area (TPSA) is 74.7 Å². The van der Waals surface area contributed by atoms with Gasteiger partial charge in [0.2, 0.25) is 10.0 Å². The molecule has 5 nitrogen and oxygen atoms in total. The molecule has 0 aliphatic carbocycles. The number of carboxylic acids is 1. The van der Waals surface area contributed by atoms with Crippen LogP contribution in [0, 0.1) is 5.82 Å². The van der Waals surface area contributed by atoms with Gasteiger partial charge in [0, 0.05) is 6.54 Å². The summed E-state index contributed by atoms with van der Waals surface area (Å²) in [5.41, 5.74) is 0. The van der Waals surface area contributed by atoms with Crippen LogP contribution >= 0.6 is 11.6 Å². The number of carboxylic acid groups (broad SMARTS) is 1. The maximum Gasteiger partial charge on any atom is 0.322 e. The number of aliphatic carboxylic acids is 1. The van der Waals surface area contributed by atoms with Crippen molar-refractivity contribution in [2.45, 2.75) is 23.8 Å². The fourth-order valence-corrected chi connectivity index (χ4v) is 4.21. The summed E-state index contributed by atoms with van der Waals surface area (Å²) < 4.78 is 38.7. The number of benzene rings is 1. The predicted octanol–water partition coefficient (Wildman–Crippen LogP) is 1.72. The minimum absolute atomic E-state index is 0.0894. The SMILES string of the molecule is O=C(O)[C@H]1CCCN1S(=O)(=O)c1cc(F)ccc1Cl. The first-order valence-electron chi connectivity index (χ1n) is 5.54. The Morgan fingerprint density at radius 3 is 2.79 bits per heavy atom. The Kier molecular flexibility index (Phi) is 3.80. The van der Waals surface area contributed by atoms with E-state index in [9.17, 15) is 17.6 Å². The summed E-state index contributed by atoms with van der Waals surface area (Å²) in [5, 5.41) is 8.88. The Hall–Kier alpha value is -1.18. The molecular formula is C11H11ClFNO4S. The van der Waals surface area contributed by atoms with Gasteiger partial charge in [-0.05, 0) is 31.0 Å². The van der Waals surface area contributed by atoms with Crippen LogP contribution in [0.4, 0.5) is 4.39 Å². The van der Waals surface area contributed by atoms with Crippen LogP contribution in [0.1, 0.15) is 12.8 Å². The average Bonchev–Trinajstić information content (AvgIpc) is 2.82. The van der Waals surface area contributed by atoms with Gasteiger partial charge in [-0.2, -0.15) is 4.31 Å². The van der Waals surface area contributed by atoms with E-state index in [0.717, 1.165) is 22.5 Å². The van der Waals surface area contributed by atoms with Crippen LogP contribution in [0.3, 0.4) is 0 Å². The molecule has 0 aromatic heterocycles. The van der Waals surface area contributed by atoms with Crippen molar-refractivity contribution in [3.63, 3.8) is 0 Å². The largest absolute Gasteiger partial charge is 0.480 e. The molecule has 0 unspecified atom stereocenters. The fraction of sp³-hybridized carbons (Fsp3) is 0.364. The van der Waals surface area contributed by atoms with Crippen molar-refractivity contribution in [1.82, 2.24) is 4.31 Å². The molecule has 1 atom stereocenters. The van der Waals surface area contributed by atoms with Crippen LogP contribution < -0.4 is 0 Å². The summed E-state index contributed by atoms with van der Waals surface area (Å²) in [6.45, 7) is 0.0894. The van der Waals surface area contributed by atoms with Crippen molar-refractivity contribution in [2.75, 3.05) is 6.54 Å². The smallest absolute Gasteiger partial charge is 0.322 e. The highest BCUT2D eigenvalue weighted by molar-refractivity contribution is 7.89. The first kappa shape index (κ1) is 14.2. The van der Waals surface area contributed by atoms with Crippen LogP contribution in [0.2, 0.25) is 5.02 Å². The lowest BCUT2D eigenvalue weighted by Gasteiger charge is -2.21. The number of nitrogens with zero attached hydrogens (tertiary/aromatic N) is 1. The fourth-order valence-electron chi connectivity index (χ4n) is 2.08. The van der Waals surface area contributed by atoms with E-state index in [1.807, 2.05) is 0 Å². The molecule has 0 spiro atoms. The molecule has 104 valence electrons. The van der Waals surface area contributed by atoms with Gasteiger partial charge in [-0.25, -0.2) is 12.8 Å². The molecule has 1 N–H and O–H groups in total. The highest BCUT2D eigenvalue weighted by Crippen LogP contribution is 2.30. The molecule has 1 aromatic rings. The van der Waals surface area contributed by atoms with Crippen LogP contribution in [0.15, 0.2) is 23.1 Å². The Morgan fingerprint density at radius 2 is 2.16 bits per heavy atom. The first-order chi connectivity index (χ1) is 8.84. The Balaban J connectivity index is 2.48. The quantitative estimate of drug-likeness (QED) is 0.922. The van der Waals surface area contributed by atoms with Crippen molar-refractivity contribution >= 4 is 27.6 Å². The maximum absolute atomic E-state index is 13.2. The van der Waals surface area contributed by atoms with Crippen molar-refractivity contribution in [3.8, 4) is 0 Å². The van der Waals surface area contributed by atoms with Crippen LogP contribution in [0.5, 0.6) is 0 Å². The molecule has 1 heterocycles. The van der Waals surface area contributed by atoms with Crippen LogP contribution in [-0.4, -0.2) is 36.4 Å². The van der Waals surface area contributed by atoms with E-state index in [-0.39, 0.29) is 18.0 Å². The molecule has 1 fully saturated rings.